The minimum Gasteiger partial charge on any atom is -0.386 e. The first-order chi connectivity index (χ1) is 16.6. The molecule has 0 saturated carbocycles. The van der Waals surface area contributed by atoms with E-state index in [0.29, 0.717) is 16.8 Å². The fourth-order valence-electron chi connectivity index (χ4n) is 3.49. The highest BCUT2D eigenvalue weighted by Gasteiger charge is 2.32. The van der Waals surface area contributed by atoms with Crippen LogP contribution in [-0.2, 0) is 12.7 Å². The predicted octanol–water partition coefficient (Wildman–Crippen LogP) is 4.24. The summed E-state index contributed by atoms with van der Waals surface area (Å²) in [5, 5.41) is 17.7. The average Bonchev–Trinajstić information content (AvgIpc) is 3.27. The van der Waals surface area contributed by atoms with Gasteiger partial charge < -0.3 is 16.2 Å². The zero-order valence-corrected chi connectivity index (χ0v) is 18.5. The van der Waals surface area contributed by atoms with E-state index in [1.165, 1.54) is 0 Å². The summed E-state index contributed by atoms with van der Waals surface area (Å²) in [4.78, 5) is 18.6. The Morgan fingerprint density at radius 3 is 2.57 bits per heavy atom. The minimum absolute atomic E-state index is 0.169. The number of benzene rings is 2. The second kappa shape index (κ2) is 9.55. The summed E-state index contributed by atoms with van der Waals surface area (Å²) < 4.78 is 40.4. The number of anilines is 2. The Balaban J connectivity index is 1.50. The molecule has 0 aliphatic heterocycles. The van der Waals surface area contributed by atoms with Crippen LogP contribution < -0.4 is 11.1 Å². The molecule has 4 N–H and O–H groups in total. The number of hydrogen-bond acceptors (Lipinski definition) is 6. The van der Waals surface area contributed by atoms with Gasteiger partial charge in [-0.1, -0.05) is 18.2 Å². The van der Waals surface area contributed by atoms with Gasteiger partial charge >= 0.3 is 6.18 Å². The third kappa shape index (κ3) is 5.82. The van der Waals surface area contributed by atoms with E-state index >= 15 is 0 Å². The highest BCUT2D eigenvalue weighted by Crippen LogP contribution is 2.29. The molecule has 4 aromatic rings. The van der Waals surface area contributed by atoms with Gasteiger partial charge in [-0.05, 0) is 53.9 Å². The van der Waals surface area contributed by atoms with E-state index in [-0.39, 0.29) is 12.5 Å². The molecule has 2 aromatic carbocycles. The van der Waals surface area contributed by atoms with Crippen LogP contribution in [0.25, 0.3) is 11.1 Å². The van der Waals surface area contributed by atoms with Gasteiger partial charge in [-0.3, -0.25) is 9.48 Å². The molecule has 2 aromatic heterocycles. The van der Waals surface area contributed by atoms with Gasteiger partial charge in [0.25, 0.3) is 0 Å². The van der Waals surface area contributed by atoms with Crippen molar-refractivity contribution in [3.05, 3.63) is 89.5 Å². The van der Waals surface area contributed by atoms with Crippen LogP contribution in [0.4, 0.5) is 24.8 Å². The Morgan fingerprint density at radius 2 is 1.89 bits per heavy atom. The number of amides is 1. The number of aliphatic hydroxyl groups excluding tert-OH is 1. The fourth-order valence-corrected chi connectivity index (χ4v) is 3.49. The number of aryl methyl sites for hydroxylation is 1. The number of aromatic nitrogens is 4. The van der Waals surface area contributed by atoms with Gasteiger partial charge in [0, 0.05) is 29.2 Å². The van der Waals surface area contributed by atoms with Crippen molar-refractivity contribution in [2.45, 2.75) is 25.7 Å². The van der Waals surface area contributed by atoms with Gasteiger partial charge in [0.2, 0.25) is 11.9 Å². The predicted molar refractivity (Wildman–Crippen MR) is 123 cm³/mol. The number of hydrogen-bond donors (Lipinski definition) is 3. The Hall–Kier alpha value is -4.25. The smallest absolute Gasteiger partial charge is 0.386 e. The van der Waals surface area contributed by atoms with Crippen molar-refractivity contribution in [1.29, 1.82) is 0 Å². The average molecular weight is 482 g/mol. The van der Waals surface area contributed by atoms with Gasteiger partial charge in [-0.25, -0.2) is 9.97 Å². The number of nitrogens with one attached hydrogen (secondary N) is 1. The number of nitrogens with zero attached hydrogens (tertiary/aromatic N) is 4. The SMILES string of the molecule is Cc1cc(Nc2nccc(C(F)(F)F)n2)cc(-c2cnn(CC(O)c3ccc(C(N)=O)cc3)c2)c1. The van der Waals surface area contributed by atoms with Crippen LogP contribution in [0.1, 0.15) is 33.3 Å². The zero-order valence-electron chi connectivity index (χ0n) is 18.5. The van der Waals surface area contributed by atoms with Crippen molar-refractivity contribution in [2.75, 3.05) is 5.32 Å². The maximum Gasteiger partial charge on any atom is 0.433 e. The molecule has 0 aliphatic rings. The second-order valence-electron chi connectivity index (χ2n) is 7.93. The van der Waals surface area contributed by atoms with Crippen LogP contribution in [0.3, 0.4) is 0 Å². The number of carbonyl (C=O) groups is 1. The molecular formula is C24H21F3N6O2. The standard InChI is InChI=1S/C24H21F3N6O2/c1-14-8-17(10-19(9-14)31-23-29-7-6-21(32-23)24(25,26)27)18-11-30-33(12-18)13-20(34)15-2-4-16(5-3-15)22(28)35/h2-12,20,34H,13H2,1H3,(H2,28,35)(H,29,31,32). The number of alkyl halides is 3. The molecule has 2 heterocycles. The quantitative estimate of drug-likeness (QED) is 0.363. The normalized spacial score (nSPS) is 12.4. The summed E-state index contributed by atoms with van der Waals surface area (Å²) in [5.41, 5.74) is 8.05. The summed E-state index contributed by atoms with van der Waals surface area (Å²) in [5.74, 6) is -0.716. The van der Waals surface area contributed by atoms with Gasteiger partial charge in [0.1, 0.15) is 5.69 Å². The number of halogens is 3. The van der Waals surface area contributed by atoms with E-state index < -0.39 is 23.9 Å². The van der Waals surface area contributed by atoms with E-state index in [2.05, 4.69) is 20.4 Å². The Kier molecular flexibility index (Phi) is 6.52. The molecule has 4 rings (SSSR count). The van der Waals surface area contributed by atoms with Crippen LogP contribution in [0.2, 0.25) is 0 Å². The largest absolute Gasteiger partial charge is 0.433 e. The number of rotatable bonds is 7. The highest BCUT2D eigenvalue weighted by molar-refractivity contribution is 5.92. The van der Waals surface area contributed by atoms with Gasteiger partial charge in [0.15, 0.2) is 0 Å². The molecule has 0 bridgehead atoms. The monoisotopic (exact) mass is 482 g/mol. The summed E-state index contributed by atoms with van der Waals surface area (Å²) in [6, 6.07) is 12.6. The minimum atomic E-state index is -4.57. The molecule has 1 amide bonds. The summed E-state index contributed by atoms with van der Waals surface area (Å²) >= 11 is 0. The van der Waals surface area contributed by atoms with E-state index in [4.69, 9.17) is 5.73 Å². The lowest BCUT2D eigenvalue weighted by molar-refractivity contribution is -0.141. The second-order valence-corrected chi connectivity index (χ2v) is 7.93. The van der Waals surface area contributed by atoms with E-state index in [1.807, 2.05) is 13.0 Å². The summed E-state index contributed by atoms with van der Waals surface area (Å²) in [6.45, 7) is 2.02. The third-order valence-corrected chi connectivity index (χ3v) is 5.19. The number of aliphatic hydroxyl groups is 1. The molecular weight excluding hydrogens is 461 g/mol. The van der Waals surface area contributed by atoms with E-state index in [1.54, 1.807) is 53.5 Å². The maximum absolute atomic E-state index is 12.9. The molecule has 1 atom stereocenters. The molecule has 35 heavy (non-hydrogen) atoms. The molecule has 0 fully saturated rings. The van der Waals surface area contributed by atoms with Crippen molar-refractivity contribution >= 4 is 17.5 Å². The Labute approximate surface area is 198 Å². The third-order valence-electron chi connectivity index (χ3n) is 5.19. The highest BCUT2D eigenvalue weighted by atomic mass is 19.4. The Bertz CT molecular complexity index is 1350. The molecule has 11 heteroatoms. The van der Waals surface area contributed by atoms with Crippen molar-refractivity contribution in [2.24, 2.45) is 5.73 Å². The molecule has 0 aliphatic carbocycles. The zero-order chi connectivity index (χ0) is 25.2. The van der Waals surface area contributed by atoms with Crippen molar-refractivity contribution < 1.29 is 23.1 Å². The van der Waals surface area contributed by atoms with Crippen LogP contribution >= 0.6 is 0 Å². The molecule has 1 unspecified atom stereocenters. The lowest BCUT2D eigenvalue weighted by Crippen LogP contribution is -2.12. The van der Waals surface area contributed by atoms with Crippen molar-refractivity contribution in [3.8, 4) is 11.1 Å². The van der Waals surface area contributed by atoms with E-state index in [9.17, 15) is 23.1 Å². The summed E-state index contributed by atoms with van der Waals surface area (Å²) in [6.07, 6.45) is -1.01. The number of carbonyl (C=O) groups excluding carboxylic acids is 1. The van der Waals surface area contributed by atoms with Crippen LogP contribution in [0.5, 0.6) is 0 Å². The van der Waals surface area contributed by atoms with Crippen LogP contribution in [0.15, 0.2) is 67.1 Å². The molecule has 0 spiro atoms. The first kappa shape index (κ1) is 23.9. The fraction of sp³-hybridized carbons (Fsp3) is 0.167. The first-order valence-electron chi connectivity index (χ1n) is 10.5. The number of nitrogens with two attached hydrogens (primary N) is 1. The number of primary amides is 1. The van der Waals surface area contributed by atoms with Crippen molar-refractivity contribution in [1.82, 2.24) is 19.7 Å². The maximum atomic E-state index is 12.9. The lowest BCUT2D eigenvalue weighted by atomic mass is 10.1. The van der Waals surface area contributed by atoms with Gasteiger partial charge in [-0.2, -0.15) is 18.3 Å². The van der Waals surface area contributed by atoms with E-state index in [0.717, 1.165) is 29.0 Å². The topological polar surface area (TPSA) is 119 Å². The molecule has 0 radical (unpaired) electrons. The van der Waals surface area contributed by atoms with Gasteiger partial charge in [-0.15, -0.1) is 0 Å². The van der Waals surface area contributed by atoms with Crippen molar-refractivity contribution in [3.63, 3.8) is 0 Å². The Morgan fingerprint density at radius 1 is 1.14 bits per heavy atom. The first-order valence-corrected chi connectivity index (χ1v) is 10.5. The van der Waals surface area contributed by atoms with Crippen LogP contribution in [-0.4, -0.2) is 30.8 Å². The molecule has 0 saturated heterocycles. The molecule has 180 valence electrons. The lowest BCUT2D eigenvalue weighted by Gasteiger charge is -2.12. The molecule has 8 nitrogen and oxygen atoms in total. The van der Waals surface area contributed by atoms with Gasteiger partial charge in [0.05, 0.1) is 18.8 Å². The summed E-state index contributed by atoms with van der Waals surface area (Å²) in [7, 11) is 0. The van der Waals surface area contributed by atoms with Crippen LogP contribution in [0, 0.1) is 6.92 Å².